The summed E-state index contributed by atoms with van der Waals surface area (Å²) in [6.07, 6.45) is 5.86. The molecule has 1 saturated heterocycles. The minimum Gasteiger partial charge on any atom is -0.484 e. The Morgan fingerprint density at radius 1 is 1.42 bits per heavy atom. The maximum absolute atomic E-state index is 12.4. The zero-order chi connectivity index (χ0) is 16.9. The number of nitriles is 1. The molecule has 0 N–H and O–H groups in total. The molecule has 0 aliphatic carbocycles. The number of ether oxygens (including phenoxy) is 1. The van der Waals surface area contributed by atoms with Crippen molar-refractivity contribution in [3.63, 3.8) is 0 Å². The number of hydrogen-bond donors (Lipinski definition) is 0. The number of aromatic nitrogens is 2. The highest BCUT2D eigenvalue weighted by Gasteiger charge is 2.25. The van der Waals surface area contributed by atoms with Crippen molar-refractivity contribution in [1.29, 1.82) is 5.26 Å². The van der Waals surface area contributed by atoms with Gasteiger partial charge in [0.1, 0.15) is 5.75 Å². The van der Waals surface area contributed by atoms with Gasteiger partial charge < -0.3 is 9.64 Å². The molecular formula is C18H20N4O2. The summed E-state index contributed by atoms with van der Waals surface area (Å²) in [7, 11) is 0. The third-order valence-corrected chi connectivity index (χ3v) is 4.20. The first-order valence-corrected chi connectivity index (χ1v) is 8.07. The molecule has 124 valence electrons. The maximum Gasteiger partial charge on any atom is 0.260 e. The molecule has 6 heteroatoms. The van der Waals surface area contributed by atoms with Crippen LogP contribution >= 0.6 is 0 Å². The Hall–Kier alpha value is -2.81. The second-order valence-electron chi connectivity index (χ2n) is 6.06. The molecule has 1 aromatic heterocycles. The highest BCUT2D eigenvalue weighted by atomic mass is 16.5. The monoisotopic (exact) mass is 324 g/mol. The number of piperidine rings is 1. The van der Waals surface area contributed by atoms with E-state index in [0.29, 0.717) is 17.9 Å². The fourth-order valence-corrected chi connectivity index (χ4v) is 2.89. The molecule has 1 fully saturated rings. The normalized spacial score (nSPS) is 17.3. The lowest BCUT2D eigenvalue weighted by molar-refractivity contribution is -0.135. The van der Waals surface area contributed by atoms with Gasteiger partial charge >= 0.3 is 0 Å². The van der Waals surface area contributed by atoms with E-state index in [1.165, 1.54) is 0 Å². The van der Waals surface area contributed by atoms with Crippen LogP contribution in [-0.4, -0.2) is 40.3 Å². The SMILES string of the molecule is Cc1cnn([C@H]2CCCN(C(=O)COc3ccc(C#N)cc3)C2)c1. The summed E-state index contributed by atoms with van der Waals surface area (Å²) in [5, 5.41) is 13.1. The Labute approximate surface area is 141 Å². The molecule has 1 aliphatic rings. The second-order valence-corrected chi connectivity index (χ2v) is 6.06. The van der Waals surface area contributed by atoms with E-state index < -0.39 is 0 Å². The van der Waals surface area contributed by atoms with Crippen LogP contribution in [-0.2, 0) is 4.79 Å². The van der Waals surface area contributed by atoms with Crippen molar-refractivity contribution >= 4 is 5.91 Å². The summed E-state index contributed by atoms with van der Waals surface area (Å²) in [6.45, 7) is 3.44. The van der Waals surface area contributed by atoms with Gasteiger partial charge in [-0.3, -0.25) is 9.48 Å². The van der Waals surface area contributed by atoms with Gasteiger partial charge in [0, 0.05) is 19.3 Å². The average molecular weight is 324 g/mol. The van der Waals surface area contributed by atoms with Gasteiger partial charge in [-0.25, -0.2) is 0 Å². The zero-order valence-electron chi connectivity index (χ0n) is 13.7. The number of rotatable bonds is 4. The Bertz CT molecular complexity index is 745. The summed E-state index contributed by atoms with van der Waals surface area (Å²) < 4.78 is 7.50. The van der Waals surface area contributed by atoms with E-state index >= 15 is 0 Å². The number of nitrogens with zero attached hydrogens (tertiary/aromatic N) is 4. The smallest absolute Gasteiger partial charge is 0.260 e. The Balaban J connectivity index is 1.55. The molecule has 0 bridgehead atoms. The molecule has 2 heterocycles. The van der Waals surface area contributed by atoms with Crippen LogP contribution in [0.2, 0.25) is 0 Å². The lowest BCUT2D eigenvalue weighted by Crippen LogP contribution is -2.43. The quantitative estimate of drug-likeness (QED) is 0.865. The van der Waals surface area contributed by atoms with Gasteiger partial charge in [0.2, 0.25) is 0 Å². The van der Waals surface area contributed by atoms with Crippen molar-refractivity contribution in [3.8, 4) is 11.8 Å². The van der Waals surface area contributed by atoms with Gasteiger partial charge in [-0.1, -0.05) is 0 Å². The first-order valence-electron chi connectivity index (χ1n) is 8.07. The minimum atomic E-state index is -0.0204. The van der Waals surface area contributed by atoms with Crippen LogP contribution in [0.4, 0.5) is 0 Å². The maximum atomic E-state index is 12.4. The van der Waals surface area contributed by atoms with Crippen molar-refractivity contribution in [3.05, 3.63) is 47.8 Å². The second kappa shape index (κ2) is 7.18. The predicted octanol–water partition coefficient (Wildman–Crippen LogP) is 2.31. The van der Waals surface area contributed by atoms with Gasteiger partial charge in [0.05, 0.1) is 23.9 Å². The van der Waals surface area contributed by atoms with Crippen LogP contribution < -0.4 is 4.74 Å². The van der Waals surface area contributed by atoms with Gasteiger partial charge in [-0.05, 0) is 49.6 Å². The highest BCUT2D eigenvalue weighted by molar-refractivity contribution is 5.77. The van der Waals surface area contributed by atoms with Crippen molar-refractivity contribution < 1.29 is 9.53 Å². The van der Waals surface area contributed by atoms with Crippen molar-refractivity contribution in [2.45, 2.75) is 25.8 Å². The molecule has 1 aliphatic heterocycles. The van der Waals surface area contributed by atoms with Gasteiger partial charge in [0.25, 0.3) is 5.91 Å². The van der Waals surface area contributed by atoms with E-state index in [9.17, 15) is 4.79 Å². The topological polar surface area (TPSA) is 71.2 Å². The molecule has 0 spiro atoms. The number of amides is 1. The molecule has 6 nitrogen and oxygen atoms in total. The van der Waals surface area contributed by atoms with Crippen molar-refractivity contribution in [2.75, 3.05) is 19.7 Å². The molecule has 0 unspecified atom stereocenters. The first-order chi connectivity index (χ1) is 11.7. The van der Waals surface area contributed by atoms with E-state index in [4.69, 9.17) is 10.00 Å². The van der Waals surface area contributed by atoms with Gasteiger partial charge in [-0.2, -0.15) is 10.4 Å². The number of likely N-dealkylation sites (tertiary alicyclic amines) is 1. The van der Waals surface area contributed by atoms with Crippen LogP contribution in [0.3, 0.4) is 0 Å². The minimum absolute atomic E-state index is 0.0107. The lowest BCUT2D eigenvalue weighted by Gasteiger charge is -2.32. The van der Waals surface area contributed by atoms with Crippen LogP contribution in [0.1, 0.15) is 30.0 Å². The van der Waals surface area contributed by atoms with E-state index in [0.717, 1.165) is 24.9 Å². The number of carbonyl (C=O) groups is 1. The van der Waals surface area contributed by atoms with Crippen LogP contribution in [0.5, 0.6) is 5.75 Å². The standard InChI is InChI=1S/C18H20N4O2/c1-14-10-20-22(11-14)16-3-2-8-21(12-16)18(23)13-24-17-6-4-15(9-19)5-7-17/h4-7,10-11,16H,2-3,8,12-13H2,1H3/t16-/m0/s1. The summed E-state index contributed by atoms with van der Waals surface area (Å²) in [6, 6.07) is 9.05. The van der Waals surface area contributed by atoms with Gasteiger partial charge in [-0.15, -0.1) is 0 Å². The Kier molecular flexibility index (Phi) is 4.80. The number of benzene rings is 1. The van der Waals surface area contributed by atoms with Crippen molar-refractivity contribution in [1.82, 2.24) is 14.7 Å². The van der Waals surface area contributed by atoms with Gasteiger partial charge in [0.15, 0.2) is 6.61 Å². The zero-order valence-corrected chi connectivity index (χ0v) is 13.7. The van der Waals surface area contributed by atoms with E-state index in [2.05, 4.69) is 11.2 Å². The predicted molar refractivity (Wildman–Crippen MR) is 88.5 cm³/mol. The summed E-state index contributed by atoms with van der Waals surface area (Å²) in [5.41, 5.74) is 1.70. The van der Waals surface area contributed by atoms with Crippen LogP contribution in [0.15, 0.2) is 36.7 Å². The molecule has 2 aromatic rings. The molecule has 0 radical (unpaired) electrons. The third kappa shape index (κ3) is 3.74. The van der Waals surface area contributed by atoms with Crippen LogP contribution in [0, 0.1) is 18.3 Å². The lowest BCUT2D eigenvalue weighted by atomic mass is 10.1. The molecular weight excluding hydrogens is 304 g/mol. The summed E-state index contributed by atoms with van der Waals surface area (Å²) in [4.78, 5) is 14.2. The van der Waals surface area contributed by atoms with E-state index in [1.54, 1.807) is 24.3 Å². The fraction of sp³-hybridized carbons (Fsp3) is 0.389. The fourth-order valence-electron chi connectivity index (χ4n) is 2.89. The molecule has 1 atom stereocenters. The Morgan fingerprint density at radius 3 is 2.88 bits per heavy atom. The summed E-state index contributed by atoms with van der Waals surface area (Å²) in [5.74, 6) is 0.576. The largest absolute Gasteiger partial charge is 0.484 e. The first kappa shape index (κ1) is 16.1. The van der Waals surface area contributed by atoms with Crippen LogP contribution in [0.25, 0.3) is 0 Å². The van der Waals surface area contributed by atoms with E-state index in [1.807, 2.05) is 28.9 Å². The highest BCUT2D eigenvalue weighted by Crippen LogP contribution is 2.21. The van der Waals surface area contributed by atoms with E-state index in [-0.39, 0.29) is 18.6 Å². The molecule has 24 heavy (non-hydrogen) atoms. The number of carbonyl (C=O) groups excluding carboxylic acids is 1. The third-order valence-electron chi connectivity index (χ3n) is 4.20. The van der Waals surface area contributed by atoms with Crippen molar-refractivity contribution in [2.24, 2.45) is 0 Å². The summed E-state index contributed by atoms with van der Waals surface area (Å²) >= 11 is 0. The molecule has 0 saturated carbocycles. The average Bonchev–Trinajstić information content (AvgIpc) is 3.06. The molecule has 1 aromatic carbocycles. The Morgan fingerprint density at radius 2 is 2.21 bits per heavy atom. The number of aryl methyl sites for hydroxylation is 1. The molecule has 1 amide bonds. The number of hydrogen-bond acceptors (Lipinski definition) is 4. The molecule has 3 rings (SSSR count).